The molecule has 0 aliphatic rings. The molecule has 0 aromatic rings. The Kier molecular flexibility index (Phi) is 17.6. The minimum absolute atomic E-state index is 0.819. The quantitative estimate of drug-likeness (QED) is 0.336. The van der Waals surface area contributed by atoms with Gasteiger partial charge in [0.1, 0.15) is 0 Å². The molecule has 0 heterocycles. The molecule has 4 heteroatoms. The summed E-state index contributed by atoms with van der Waals surface area (Å²) >= 11 is 15.4. The van der Waals surface area contributed by atoms with Gasteiger partial charge in [0, 0.05) is 11.8 Å². The van der Waals surface area contributed by atoms with E-state index in [1.807, 2.05) is 0 Å². The number of alkyl halides is 2. The van der Waals surface area contributed by atoms with Crippen LogP contribution in [-0.2, 0) is 0 Å². The third kappa shape index (κ3) is 15.3. The molecule has 0 aromatic carbocycles. The zero-order valence-electron chi connectivity index (χ0n) is 10.1. The molecule has 0 fully saturated rings. The van der Waals surface area contributed by atoms with E-state index in [9.17, 15) is 0 Å². The third-order valence-corrected chi connectivity index (χ3v) is 5.02. The summed E-state index contributed by atoms with van der Waals surface area (Å²) in [5, 5.41) is 0. The van der Waals surface area contributed by atoms with Gasteiger partial charge in [-0.1, -0.05) is 0 Å². The molecule has 0 radical (unpaired) electrons. The van der Waals surface area contributed by atoms with Crippen LogP contribution < -0.4 is 0 Å². The van der Waals surface area contributed by atoms with Crippen LogP contribution in [0.1, 0.15) is 38.5 Å². The van der Waals surface area contributed by atoms with E-state index < -0.39 is 0 Å². The van der Waals surface area contributed by atoms with E-state index in [0.29, 0.717) is 0 Å². The molecule has 98 valence electrons. The van der Waals surface area contributed by atoms with Crippen LogP contribution in [0.4, 0.5) is 0 Å². The first kappa shape index (κ1) is 17.3. The molecule has 16 heavy (non-hydrogen) atoms. The summed E-state index contributed by atoms with van der Waals surface area (Å²) in [6.45, 7) is 0. The van der Waals surface area contributed by atoms with Gasteiger partial charge in [-0.2, -0.15) is 23.5 Å². The number of halogens is 2. The average Bonchev–Trinajstić information content (AvgIpc) is 2.31. The van der Waals surface area contributed by atoms with Gasteiger partial charge in [-0.05, 0) is 61.5 Å². The topological polar surface area (TPSA) is 0 Å². The average molecular weight is 303 g/mol. The molecule has 0 aromatic heterocycles. The molecule has 0 rings (SSSR count). The van der Waals surface area contributed by atoms with Crippen LogP contribution in [0.5, 0.6) is 0 Å². The Labute approximate surface area is 120 Å². The summed E-state index contributed by atoms with van der Waals surface area (Å²) in [6, 6.07) is 0. The number of unbranched alkanes of at least 4 members (excludes halogenated alkanes) is 3. The van der Waals surface area contributed by atoms with Crippen LogP contribution in [0.3, 0.4) is 0 Å². The predicted molar refractivity (Wildman–Crippen MR) is 83.8 cm³/mol. The van der Waals surface area contributed by atoms with E-state index in [2.05, 4.69) is 23.5 Å². The fourth-order valence-corrected chi connectivity index (χ4v) is 3.63. The van der Waals surface area contributed by atoms with Crippen molar-refractivity contribution in [3.63, 3.8) is 0 Å². The standard InChI is InChI=1S/C12H24Cl2S2/c13-7-1-3-9-15-11-5-6-12-16-10-4-2-8-14/h1-12H2. The molecule has 0 atom stereocenters. The van der Waals surface area contributed by atoms with Gasteiger partial charge in [-0.25, -0.2) is 0 Å². The van der Waals surface area contributed by atoms with Crippen LogP contribution in [0.15, 0.2) is 0 Å². The van der Waals surface area contributed by atoms with Crippen molar-refractivity contribution in [1.82, 2.24) is 0 Å². The smallest absolute Gasteiger partial charge is 0.0223 e. The fraction of sp³-hybridized carbons (Fsp3) is 1.00. The molecule has 0 aliphatic carbocycles. The van der Waals surface area contributed by atoms with E-state index in [1.165, 1.54) is 61.5 Å². The summed E-state index contributed by atoms with van der Waals surface area (Å²) in [6.07, 6.45) is 7.64. The molecule has 0 unspecified atom stereocenters. The highest BCUT2D eigenvalue weighted by atomic mass is 35.5. The first-order valence-electron chi connectivity index (χ1n) is 6.19. The van der Waals surface area contributed by atoms with E-state index in [4.69, 9.17) is 23.2 Å². The SMILES string of the molecule is ClCCCCSCCCCSCCCCCl. The highest BCUT2D eigenvalue weighted by Crippen LogP contribution is 2.12. The van der Waals surface area contributed by atoms with Gasteiger partial charge in [-0.3, -0.25) is 0 Å². The molecule has 0 bridgehead atoms. The lowest BCUT2D eigenvalue weighted by molar-refractivity contribution is 0.880. The van der Waals surface area contributed by atoms with E-state index in [1.54, 1.807) is 0 Å². The van der Waals surface area contributed by atoms with Crippen molar-refractivity contribution < 1.29 is 0 Å². The second kappa shape index (κ2) is 16.3. The highest BCUT2D eigenvalue weighted by Gasteiger charge is 1.93. The van der Waals surface area contributed by atoms with Crippen molar-refractivity contribution in [2.45, 2.75) is 38.5 Å². The van der Waals surface area contributed by atoms with Gasteiger partial charge >= 0.3 is 0 Å². The number of rotatable bonds is 13. The molecule has 0 N–H and O–H groups in total. The van der Waals surface area contributed by atoms with Crippen molar-refractivity contribution >= 4 is 46.7 Å². The molecule has 0 saturated carbocycles. The molecule has 0 amide bonds. The lowest BCUT2D eigenvalue weighted by Crippen LogP contribution is -1.89. The first-order valence-corrected chi connectivity index (χ1v) is 9.57. The second-order valence-electron chi connectivity index (χ2n) is 3.72. The zero-order chi connectivity index (χ0) is 11.9. The van der Waals surface area contributed by atoms with E-state index in [-0.39, 0.29) is 0 Å². The summed E-state index contributed by atoms with van der Waals surface area (Å²) in [5.41, 5.74) is 0. The Hall–Kier alpha value is 1.28. The maximum atomic E-state index is 5.61. The molecular weight excluding hydrogens is 279 g/mol. The third-order valence-electron chi connectivity index (χ3n) is 2.17. The van der Waals surface area contributed by atoms with E-state index >= 15 is 0 Å². The molecule has 0 spiro atoms. The van der Waals surface area contributed by atoms with Gasteiger partial charge in [0.15, 0.2) is 0 Å². The minimum atomic E-state index is 0.819. The minimum Gasteiger partial charge on any atom is -0.162 e. The highest BCUT2D eigenvalue weighted by molar-refractivity contribution is 7.99. The fourth-order valence-electron chi connectivity index (χ4n) is 1.21. The second-order valence-corrected chi connectivity index (χ2v) is 6.93. The number of hydrogen-bond donors (Lipinski definition) is 0. The van der Waals surface area contributed by atoms with Crippen molar-refractivity contribution in [2.75, 3.05) is 34.8 Å². The Morgan fingerprint density at radius 1 is 0.500 bits per heavy atom. The van der Waals surface area contributed by atoms with Crippen molar-refractivity contribution in [3.05, 3.63) is 0 Å². The number of hydrogen-bond acceptors (Lipinski definition) is 2. The van der Waals surface area contributed by atoms with Crippen molar-refractivity contribution in [1.29, 1.82) is 0 Å². The van der Waals surface area contributed by atoms with Crippen molar-refractivity contribution in [3.8, 4) is 0 Å². The van der Waals surface area contributed by atoms with Crippen LogP contribution in [0.2, 0.25) is 0 Å². The molecular formula is C12H24Cl2S2. The summed E-state index contributed by atoms with van der Waals surface area (Å²) in [7, 11) is 0. The van der Waals surface area contributed by atoms with Gasteiger partial charge in [0.25, 0.3) is 0 Å². The van der Waals surface area contributed by atoms with Crippen molar-refractivity contribution in [2.24, 2.45) is 0 Å². The van der Waals surface area contributed by atoms with E-state index in [0.717, 1.165) is 11.8 Å². The number of thioether (sulfide) groups is 2. The van der Waals surface area contributed by atoms with Gasteiger partial charge in [0.2, 0.25) is 0 Å². The normalized spacial score (nSPS) is 10.9. The Morgan fingerprint density at radius 2 is 0.812 bits per heavy atom. The van der Waals surface area contributed by atoms with Crippen LogP contribution >= 0.6 is 46.7 Å². The van der Waals surface area contributed by atoms with Crippen LogP contribution in [0.25, 0.3) is 0 Å². The Morgan fingerprint density at radius 3 is 1.12 bits per heavy atom. The zero-order valence-corrected chi connectivity index (χ0v) is 13.2. The lowest BCUT2D eigenvalue weighted by atomic mass is 10.4. The lowest BCUT2D eigenvalue weighted by Gasteiger charge is -2.02. The summed E-state index contributed by atoms with van der Waals surface area (Å²) in [4.78, 5) is 0. The maximum absolute atomic E-state index is 5.61. The Balaban J connectivity index is 2.83. The molecule has 0 saturated heterocycles. The van der Waals surface area contributed by atoms with Gasteiger partial charge in [0.05, 0.1) is 0 Å². The molecule has 0 nitrogen and oxygen atoms in total. The molecule has 0 aliphatic heterocycles. The maximum Gasteiger partial charge on any atom is 0.0223 e. The first-order chi connectivity index (χ1) is 7.91. The summed E-state index contributed by atoms with van der Waals surface area (Å²) < 4.78 is 0. The van der Waals surface area contributed by atoms with Gasteiger partial charge < -0.3 is 0 Å². The monoisotopic (exact) mass is 302 g/mol. The van der Waals surface area contributed by atoms with Gasteiger partial charge in [-0.15, -0.1) is 23.2 Å². The Bertz CT molecular complexity index is 110. The predicted octanol–water partition coefficient (Wildman–Crippen LogP) is 5.27. The summed E-state index contributed by atoms with van der Waals surface area (Å²) in [5.74, 6) is 6.86. The largest absolute Gasteiger partial charge is 0.162 e. The van der Waals surface area contributed by atoms with Crippen LogP contribution in [-0.4, -0.2) is 34.8 Å². The van der Waals surface area contributed by atoms with Crippen LogP contribution in [0, 0.1) is 0 Å².